The smallest absolute Gasteiger partial charge is 0.195 e. The molecule has 1 aliphatic rings. The zero-order chi connectivity index (χ0) is 11.7. The summed E-state index contributed by atoms with van der Waals surface area (Å²) >= 11 is 0. The Morgan fingerprint density at radius 3 is 2.94 bits per heavy atom. The van der Waals surface area contributed by atoms with Gasteiger partial charge in [-0.1, -0.05) is 6.92 Å². The van der Waals surface area contributed by atoms with Gasteiger partial charge in [-0.15, -0.1) is 0 Å². The van der Waals surface area contributed by atoms with E-state index < -0.39 is 0 Å². The van der Waals surface area contributed by atoms with E-state index in [4.69, 9.17) is 4.42 Å². The minimum absolute atomic E-state index is 0.817. The Hall–Kier alpha value is -1.55. The predicted octanol–water partition coefficient (Wildman–Crippen LogP) is 1.80. The highest BCUT2D eigenvalue weighted by Crippen LogP contribution is 2.23. The quantitative estimate of drug-likeness (QED) is 0.855. The second kappa shape index (κ2) is 4.37. The molecule has 1 fully saturated rings. The number of rotatable bonds is 2. The number of aryl methyl sites for hydroxylation is 1. The molecule has 1 saturated heterocycles. The van der Waals surface area contributed by atoms with E-state index in [0.717, 1.165) is 49.6 Å². The van der Waals surface area contributed by atoms with Gasteiger partial charge in [0.1, 0.15) is 5.52 Å². The van der Waals surface area contributed by atoms with E-state index in [2.05, 4.69) is 40.3 Å². The van der Waals surface area contributed by atoms with Crippen LogP contribution in [0.15, 0.2) is 22.6 Å². The summed E-state index contributed by atoms with van der Waals surface area (Å²) in [6.07, 6.45) is 0.845. The topological polar surface area (TPSA) is 41.3 Å². The van der Waals surface area contributed by atoms with E-state index in [-0.39, 0.29) is 0 Å². The zero-order valence-electron chi connectivity index (χ0n) is 10.1. The molecule has 0 bridgehead atoms. The third-order valence-electron chi connectivity index (χ3n) is 3.20. The molecule has 0 unspecified atom stereocenters. The highest BCUT2D eigenvalue weighted by molar-refractivity contribution is 5.77. The minimum atomic E-state index is 0.817. The molecule has 0 aliphatic carbocycles. The lowest BCUT2D eigenvalue weighted by atomic mass is 10.2. The number of oxazole rings is 1. The third-order valence-corrected chi connectivity index (χ3v) is 3.20. The number of hydrogen-bond acceptors (Lipinski definition) is 4. The Labute approximate surface area is 101 Å². The first kappa shape index (κ1) is 10.6. The molecule has 1 aliphatic heterocycles. The molecule has 0 spiro atoms. The van der Waals surface area contributed by atoms with Gasteiger partial charge in [0.25, 0.3) is 0 Å². The Bertz CT molecular complexity index is 514. The van der Waals surface area contributed by atoms with Crippen LogP contribution < -0.4 is 10.2 Å². The molecule has 90 valence electrons. The maximum absolute atomic E-state index is 5.70. The molecule has 2 heterocycles. The maximum Gasteiger partial charge on any atom is 0.195 e. The van der Waals surface area contributed by atoms with Crippen molar-refractivity contribution in [3.63, 3.8) is 0 Å². The van der Waals surface area contributed by atoms with Gasteiger partial charge in [-0.25, -0.2) is 4.98 Å². The van der Waals surface area contributed by atoms with Gasteiger partial charge in [0.15, 0.2) is 11.5 Å². The summed E-state index contributed by atoms with van der Waals surface area (Å²) in [5, 5.41) is 3.36. The van der Waals surface area contributed by atoms with Crippen LogP contribution >= 0.6 is 0 Å². The monoisotopic (exact) mass is 231 g/mol. The lowest BCUT2D eigenvalue weighted by Crippen LogP contribution is -2.43. The van der Waals surface area contributed by atoms with Crippen LogP contribution in [-0.2, 0) is 6.42 Å². The molecular formula is C13H17N3O. The number of nitrogens with one attached hydrogen (secondary N) is 1. The van der Waals surface area contributed by atoms with Crippen LogP contribution in [0.1, 0.15) is 12.8 Å². The van der Waals surface area contributed by atoms with Gasteiger partial charge in [-0.3, -0.25) is 0 Å². The average Bonchev–Trinajstić information content (AvgIpc) is 2.81. The zero-order valence-corrected chi connectivity index (χ0v) is 10.1. The fraction of sp³-hybridized carbons (Fsp3) is 0.462. The van der Waals surface area contributed by atoms with Crippen molar-refractivity contribution in [2.24, 2.45) is 0 Å². The molecule has 0 atom stereocenters. The molecule has 1 aromatic carbocycles. The molecule has 2 aromatic rings. The van der Waals surface area contributed by atoms with Gasteiger partial charge < -0.3 is 14.6 Å². The molecule has 4 nitrogen and oxygen atoms in total. The van der Waals surface area contributed by atoms with Crippen LogP contribution in [0.25, 0.3) is 11.1 Å². The first-order valence-electron chi connectivity index (χ1n) is 6.22. The van der Waals surface area contributed by atoms with Gasteiger partial charge in [0.05, 0.1) is 0 Å². The molecular weight excluding hydrogens is 214 g/mol. The number of piperazine rings is 1. The number of fused-ring (bicyclic) bond motifs is 1. The summed E-state index contributed by atoms with van der Waals surface area (Å²) in [7, 11) is 0. The Morgan fingerprint density at radius 1 is 1.35 bits per heavy atom. The highest BCUT2D eigenvalue weighted by Gasteiger charge is 2.12. The number of anilines is 1. The SMILES string of the molecule is CCc1nc2ccc(N3CCNCC3)cc2o1. The Morgan fingerprint density at radius 2 is 2.18 bits per heavy atom. The number of benzene rings is 1. The molecule has 17 heavy (non-hydrogen) atoms. The third kappa shape index (κ3) is 2.00. The maximum atomic E-state index is 5.70. The van der Waals surface area contributed by atoms with E-state index in [1.165, 1.54) is 5.69 Å². The fourth-order valence-corrected chi connectivity index (χ4v) is 2.23. The molecule has 4 heteroatoms. The summed E-state index contributed by atoms with van der Waals surface area (Å²) < 4.78 is 5.70. The Kier molecular flexibility index (Phi) is 2.73. The summed E-state index contributed by atoms with van der Waals surface area (Å²) in [6, 6.07) is 6.29. The normalized spacial score (nSPS) is 16.6. The van der Waals surface area contributed by atoms with Gasteiger partial charge in [0, 0.05) is 44.4 Å². The van der Waals surface area contributed by atoms with Crippen LogP contribution in [0.2, 0.25) is 0 Å². The van der Waals surface area contributed by atoms with Crippen molar-refractivity contribution in [2.75, 3.05) is 31.1 Å². The van der Waals surface area contributed by atoms with Crippen LogP contribution in [0.4, 0.5) is 5.69 Å². The van der Waals surface area contributed by atoms with E-state index in [0.29, 0.717) is 0 Å². The van der Waals surface area contributed by atoms with E-state index in [9.17, 15) is 0 Å². The van der Waals surface area contributed by atoms with Crippen molar-refractivity contribution in [2.45, 2.75) is 13.3 Å². The van der Waals surface area contributed by atoms with Gasteiger partial charge >= 0.3 is 0 Å². The molecule has 0 saturated carbocycles. The summed E-state index contributed by atoms with van der Waals surface area (Å²) in [6.45, 7) is 6.27. The average molecular weight is 231 g/mol. The second-order valence-electron chi connectivity index (χ2n) is 4.35. The summed E-state index contributed by atoms with van der Waals surface area (Å²) in [5.41, 5.74) is 3.09. The van der Waals surface area contributed by atoms with E-state index >= 15 is 0 Å². The van der Waals surface area contributed by atoms with Crippen molar-refractivity contribution in [3.8, 4) is 0 Å². The molecule has 3 rings (SSSR count). The van der Waals surface area contributed by atoms with Crippen LogP contribution in [0.5, 0.6) is 0 Å². The van der Waals surface area contributed by atoms with Crippen molar-refractivity contribution >= 4 is 16.8 Å². The minimum Gasteiger partial charge on any atom is -0.441 e. The van der Waals surface area contributed by atoms with E-state index in [1.54, 1.807) is 0 Å². The van der Waals surface area contributed by atoms with Gasteiger partial charge in [-0.05, 0) is 12.1 Å². The van der Waals surface area contributed by atoms with Crippen molar-refractivity contribution in [1.29, 1.82) is 0 Å². The van der Waals surface area contributed by atoms with Crippen LogP contribution in [-0.4, -0.2) is 31.2 Å². The first-order valence-corrected chi connectivity index (χ1v) is 6.22. The lowest BCUT2D eigenvalue weighted by molar-refractivity contribution is 0.537. The van der Waals surface area contributed by atoms with Crippen LogP contribution in [0.3, 0.4) is 0 Å². The standard InChI is InChI=1S/C13H17N3O/c1-2-13-15-11-4-3-10(9-12(11)17-13)16-7-5-14-6-8-16/h3-4,9,14H,2,5-8H2,1H3. The molecule has 1 N–H and O–H groups in total. The molecule has 1 aromatic heterocycles. The number of hydrogen-bond donors (Lipinski definition) is 1. The number of nitrogens with zero attached hydrogens (tertiary/aromatic N) is 2. The Balaban J connectivity index is 1.94. The van der Waals surface area contributed by atoms with Crippen molar-refractivity contribution in [3.05, 3.63) is 24.1 Å². The second-order valence-corrected chi connectivity index (χ2v) is 4.35. The summed E-state index contributed by atoms with van der Waals surface area (Å²) in [4.78, 5) is 6.80. The predicted molar refractivity (Wildman–Crippen MR) is 68.5 cm³/mol. The van der Waals surface area contributed by atoms with Crippen molar-refractivity contribution < 1.29 is 4.42 Å². The van der Waals surface area contributed by atoms with Gasteiger partial charge in [-0.2, -0.15) is 0 Å². The van der Waals surface area contributed by atoms with Crippen LogP contribution in [0, 0.1) is 0 Å². The summed E-state index contributed by atoms with van der Waals surface area (Å²) in [5.74, 6) is 0.817. The fourth-order valence-electron chi connectivity index (χ4n) is 2.23. The molecule has 0 amide bonds. The van der Waals surface area contributed by atoms with Gasteiger partial charge in [0.2, 0.25) is 0 Å². The highest BCUT2D eigenvalue weighted by atomic mass is 16.3. The largest absolute Gasteiger partial charge is 0.441 e. The van der Waals surface area contributed by atoms with Crippen molar-refractivity contribution in [1.82, 2.24) is 10.3 Å². The molecule has 0 radical (unpaired) electrons. The van der Waals surface area contributed by atoms with E-state index in [1.807, 2.05) is 0 Å². The number of aromatic nitrogens is 1. The lowest BCUT2D eigenvalue weighted by Gasteiger charge is -2.29. The first-order chi connectivity index (χ1) is 8.36.